The molecule has 17 heavy (non-hydrogen) atoms. The van der Waals surface area contributed by atoms with Crippen LogP contribution in [0.25, 0.3) is 0 Å². The van der Waals surface area contributed by atoms with E-state index in [2.05, 4.69) is 29.8 Å². The van der Waals surface area contributed by atoms with Crippen molar-refractivity contribution in [1.29, 1.82) is 0 Å². The smallest absolute Gasteiger partial charge is 0.0749 e. The van der Waals surface area contributed by atoms with Crippen LogP contribution in [0.3, 0.4) is 0 Å². The molecule has 0 aliphatic carbocycles. The van der Waals surface area contributed by atoms with E-state index in [1.165, 1.54) is 0 Å². The minimum absolute atomic E-state index is 0.512. The zero-order valence-electron chi connectivity index (χ0n) is 10.4. The number of hydrogen-bond donors (Lipinski definition) is 1. The predicted molar refractivity (Wildman–Crippen MR) is 73.9 cm³/mol. The Morgan fingerprint density at radius 3 is 2.59 bits per heavy atom. The first kappa shape index (κ1) is 14.5. The minimum Gasteiger partial charge on any atom is -0.398 e. The molecule has 0 unspecified atom stereocenters. The topological polar surface area (TPSA) is 44.5 Å². The van der Waals surface area contributed by atoms with Crippen molar-refractivity contribution in [3.63, 3.8) is 0 Å². The largest absolute Gasteiger partial charge is 0.398 e. The molecule has 3 nitrogen and oxygen atoms in total. The van der Waals surface area contributed by atoms with Crippen molar-refractivity contribution < 1.29 is 9.47 Å². The molecule has 0 heterocycles. The van der Waals surface area contributed by atoms with Gasteiger partial charge in [0.15, 0.2) is 0 Å². The van der Waals surface area contributed by atoms with E-state index in [1.54, 1.807) is 0 Å². The van der Waals surface area contributed by atoms with E-state index in [0.717, 1.165) is 22.3 Å². The van der Waals surface area contributed by atoms with Gasteiger partial charge < -0.3 is 15.2 Å². The van der Waals surface area contributed by atoms with Crippen molar-refractivity contribution in [1.82, 2.24) is 0 Å². The van der Waals surface area contributed by atoms with Gasteiger partial charge in [-0.1, -0.05) is 35.8 Å². The summed E-state index contributed by atoms with van der Waals surface area (Å²) in [5.74, 6) is 0.564. The number of hydrogen-bond acceptors (Lipinski definition) is 3. The van der Waals surface area contributed by atoms with Crippen molar-refractivity contribution >= 4 is 21.6 Å². The van der Waals surface area contributed by atoms with Crippen LogP contribution in [0, 0.1) is 5.92 Å². The van der Waals surface area contributed by atoms with Crippen molar-refractivity contribution in [3.8, 4) is 0 Å². The molecule has 0 amide bonds. The van der Waals surface area contributed by atoms with Gasteiger partial charge in [0, 0.05) is 22.3 Å². The fourth-order valence-electron chi connectivity index (χ4n) is 1.34. The fourth-order valence-corrected chi connectivity index (χ4v) is 1.83. The molecule has 4 heteroatoms. The summed E-state index contributed by atoms with van der Waals surface area (Å²) in [6, 6.07) is 5.75. The first-order valence-corrected chi connectivity index (χ1v) is 6.59. The van der Waals surface area contributed by atoms with Crippen LogP contribution in [-0.2, 0) is 16.1 Å². The number of nitrogen functional groups attached to an aromatic ring is 1. The Morgan fingerprint density at radius 2 is 1.94 bits per heavy atom. The number of nitrogens with two attached hydrogens (primary N) is 1. The summed E-state index contributed by atoms with van der Waals surface area (Å²) in [7, 11) is 0. The summed E-state index contributed by atoms with van der Waals surface area (Å²) in [6.07, 6.45) is 0. The zero-order chi connectivity index (χ0) is 12.7. The first-order chi connectivity index (χ1) is 8.11. The van der Waals surface area contributed by atoms with Crippen LogP contribution >= 0.6 is 15.9 Å². The van der Waals surface area contributed by atoms with Crippen LogP contribution in [0.5, 0.6) is 0 Å². The quantitative estimate of drug-likeness (QED) is 0.621. The number of anilines is 1. The van der Waals surface area contributed by atoms with Gasteiger partial charge in [0.25, 0.3) is 0 Å². The molecule has 0 aliphatic heterocycles. The number of rotatable bonds is 7. The van der Waals surface area contributed by atoms with Gasteiger partial charge in [-0.05, 0) is 18.1 Å². The standard InChI is InChI=1S/C13H20BrNO2/c1-10(2)8-16-6-7-17-9-11-12(14)4-3-5-13(11)15/h3-5,10H,6-9,15H2,1-2H3. The molecule has 0 saturated carbocycles. The molecule has 1 rings (SSSR count). The van der Waals surface area contributed by atoms with Crippen LogP contribution in [0.2, 0.25) is 0 Å². The van der Waals surface area contributed by atoms with Crippen molar-refractivity contribution in [2.24, 2.45) is 5.92 Å². The Balaban J connectivity index is 2.22. The highest BCUT2D eigenvalue weighted by Crippen LogP contribution is 2.23. The molecule has 0 radical (unpaired) electrons. The zero-order valence-corrected chi connectivity index (χ0v) is 12.0. The van der Waals surface area contributed by atoms with Crippen molar-refractivity contribution in [3.05, 3.63) is 28.2 Å². The lowest BCUT2D eigenvalue weighted by molar-refractivity contribution is 0.0314. The summed E-state index contributed by atoms with van der Waals surface area (Å²) in [5, 5.41) is 0. The van der Waals surface area contributed by atoms with E-state index in [1.807, 2.05) is 18.2 Å². The highest BCUT2D eigenvalue weighted by molar-refractivity contribution is 9.10. The number of benzene rings is 1. The van der Waals surface area contributed by atoms with Crippen LogP contribution in [0.15, 0.2) is 22.7 Å². The van der Waals surface area contributed by atoms with Crippen molar-refractivity contribution in [2.45, 2.75) is 20.5 Å². The Hall–Kier alpha value is -0.580. The van der Waals surface area contributed by atoms with Gasteiger partial charge in [-0.25, -0.2) is 0 Å². The van der Waals surface area contributed by atoms with E-state index in [9.17, 15) is 0 Å². The van der Waals surface area contributed by atoms with Gasteiger partial charge in [0.05, 0.1) is 19.8 Å². The Morgan fingerprint density at radius 1 is 1.24 bits per heavy atom. The van der Waals surface area contributed by atoms with Gasteiger partial charge >= 0.3 is 0 Å². The summed E-state index contributed by atoms with van der Waals surface area (Å²) in [6.45, 7) is 6.76. The van der Waals surface area contributed by atoms with E-state index in [0.29, 0.717) is 25.7 Å². The number of halogens is 1. The molecule has 1 aromatic rings. The third-order valence-electron chi connectivity index (χ3n) is 2.22. The molecule has 0 atom stereocenters. The van der Waals surface area contributed by atoms with Crippen molar-refractivity contribution in [2.75, 3.05) is 25.6 Å². The minimum atomic E-state index is 0.512. The molecule has 0 aromatic heterocycles. The molecular formula is C13H20BrNO2. The average molecular weight is 302 g/mol. The first-order valence-electron chi connectivity index (χ1n) is 5.79. The third kappa shape index (κ3) is 5.52. The fraction of sp³-hybridized carbons (Fsp3) is 0.538. The van der Waals surface area contributed by atoms with Gasteiger partial charge in [-0.3, -0.25) is 0 Å². The molecule has 0 saturated heterocycles. The third-order valence-corrected chi connectivity index (χ3v) is 2.97. The van der Waals surface area contributed by atoms with Gasteiger partial charge in [0.2, 0.25) is 0 Å². The normalized spacial score (nSPS) is 11.1. The predicted octanol–water partition coefficient (Wildman–Crippen LogP) is 3.22. The summed E-state index contributed by atoms with van der Waals surface area (Å²) in [4.78, 5) is 0. The van der Waals surface area contributed by atoms with Gasteiger partial charge in [-0.15, -0.1) is 0 Å². The molecule has 96 valence electrons. The second-order valence-electron chi connectivity index (χ2n) is 4.33. The molecule has 1 aromatic carbocycles. The molecular weight excluding hydrogens is 282 g/mol. The maximum atomic E-state index is 5.86. The lowest BCUT2D eigenvalue weighted by atomic mass is 10.2. The molecule has 0 bridgehead atoms. The second-order valence-corrected chi connectivity index (χ2v) is 5.18. The summed E-state index contributed by atoms with van der Waals surface area (Å²) in [5.41, 5.74) is 7.61. The van der Waals surface area contributed by atoms with Gasteiger partial charge in [-0.2, -0.15) is 0 Å². The maximum absolute atomic E-state index is 5.86. The van der Waals surface area contributed by atoms with Gasteiger partial charge in [0.1, 0.15) is 0 Å². The van der Waals surface area contributed by atoms with E-state index in [4.69, 9.17) is 15.2 Å². The lowest BCUT2D eigenvalue weighted by Gasteiger charge is -2.10. The van der Waals surface area contributed by atoms with E-state index in [-0.39, 0.29) is 0 Å². The average Bonchev–Trinajstić information content (AvgIpc) is 2.26. The Bertz CT molecular complexity index is 322. The lowest BCUT2D eigenvalue weighted by Crippen LogP contribution is -2.09. The second kappa shape index (κ2) is 7.69. The molecule has 0 fully saturated rings. The van der Waals surface area contributed by atoms with Crippen LogP contribution in [-0.4, -0.2) is 19.8 Å². The summed E-state index contributed by atoms with van der Waals surface area (Å²) >= 11 is 3.46. The van der Waals surface area contributed by atoms with Crippen LogP contribution < -0.4 is 5.73 Å². The molecule has 0 spiro atoms. The highest BCUT2D eigenvalue weighted by Gasteiger charge is 2.03. The highest BCUT2D eigenvalue weighted by atomic mass is 79.9. The van der Waals surface area contributed by atoms with E-state index < -0.39 is 0 Å². The summed E-state index contributed by atoms with van der Waals surface area (Å²) < 4.78 is 11.9. The maximum Gasteiger partial charge on any atom is 0.0749 e. The Labute approximate surface area is 111 Å². The van der Waals surface area contributed by atoms with E-state index >= 15 is 0 Å². The van der Waals surface area contributed by atoms with Crippen LogP contribution in [0.1, 0.15) is 19.4 Å². The monoisotopic (exact) mass is 301 g/mol. The molecule has 0 aliphatic rings. The number of ether oxygens (including phenoxy) is 2. The molecule has 2 N–H and O–H groups in total. The van der Waals surface area contributed by atoms with Crippen LogP contribution in [0.4, 0.5) is 5.69 Å². The SMILES string of the molecule is CC(C)COCCOCc1c(N)cccc1Br. The Kier molecular flexibility index (Phi) is 6.55.